The molecule has 33 heavy (non-hydrogen) atoms. The number of unbranched alkanes of at least 4 members (excludes halogenated alkanes) is 7. The fourth-order valence-electron chi connectivity index (χ4n) is 4.28. The Bertz CT molecular complexity index is 519. The molecule has 1 saturated carbocycles. The summed E-state index contributed by atoms with van der Waals surface area (Å²) in [7, 11) is -3.86. The lowest BCUT2D eigenvalue weighted by Gasteiger charge is -2.28. The van der Waals surface area contributed by atoms with Gasteiger partial charge in [0.05, 0.1) is 51.5 Å². The van der Waals surface area contributed by atoms with Crippen molar-refractivity contribution in [1.82, 2.24) is 0 Å². The highest BCUT2D eigenvalue weighted by Gasteiger charge is 2.21. The van der Waals surface area contributed by atoms with Gasteiger partial charge in [-0.15, -0.1) is 0 Å². The summed E-state index contributed by atoms with van der Waals surface area (Å²) in [4.78, 5) is 0. The van der Waals surface area contributed by atoms with E-state index in [-0.39, 0.29) is 5.75 Å². The van der Waals surface area contributed by atoms with Crippen LogP contribution in [0.15, 0.2) is 0 Å². The topological polar surface area (TPSA) is 91.3 Å². The zero-order valence-electron chi connectivity index (χ0n) is 21.0. The number of rotatable bonds is 23. The highest BCUT2D eigenvalue weighted by atomic mass is 32.2. The Kier molecular flexibility index (Phi) is 19.6. The van der Waals surface area contributed by atoms with E-state index in [2.05, 4.69) is 6.92 Å². The van der Waals surface area contributed by atoms with Crippen molar-refractivity contribution in [2.75, 3.05) is 52.0 Å². The van der Waals surface area contributed by atoms with Crippen molar-refractivity contribution >= 4 is 10.1 Å². The van der Waals surface area contributed by atoms with Gasteiger partial charge in [-0.25, -0.2) is 0 Å². The van der Waals surface area contributed by atoms with Gasteiger partial charge in [-0.05, 0) is 44.4 Å². The Morgan fingerprint density at radius 3 is 1.82 bits per heavy atom. The zero-order valence-corrected chi connectivity index (χ0v) is 21.8. The first-order chi connectivity index (χ1) is 16.0. The molecule has 0 aromatic carbocycles. The molecule has 0 aromatic rings. The summed E-state index contributed by atoms with van der Waals surface area (Å²) >= 11 is 0. The summed E-state index contributed by atoms with van der Waals surface area (Å²) in [5.74, 6) is 0.698. The van der Waals surface area contributed by atoms with Crippen LogP contribution in [0.1, 0.15) is 96.8 Å². The Morgan fingerprint density at radius 1 is 0.667 bits per heavy atom. The van der Waals surface area contributed by atoms with Crippen molar-refractivity contribution in [1.29, 1.82) is 0 Å². The van der Waals surface area contributed by atoms with Crippen LogP contribution in [-0.2, 0) is 29.1 Å². The monoisotopic (exact) mass is 494 g/mol. The standard InChI is InChI=1S/C25H50O7S/c1-2-3-4-5-6-7-8-11-24-12-14-25(15-13-24)32-22-21-31-20-19-30-18-17-29-16-9-10-23-33(26,27)28/h24-25H,2-23H2,1H3,(H,26,27,28). The second kappa shape index (κ2) is 21.1. The SMILES string of the molecule is CCCCCCCCCC1CCC(OCCOCCOCCOCCCCS(=O)(=O)O)CC1. The van der Waals surface area contributed by atoms with Crippen LogP contribution in [-0.4, -0.2) is 71.1 Å². The maximum atomic E-state index is 10.6. The summed E-state index contributed by atoms with van der Waals surface area (Å²) in [6.45, 7) is 6.02. The van der Waals surface area contributed by atoms with E-state index in [9.17, 15) is 8.42 Å². The van der Waals surface area contributed by atoms with Crippen molar-refractivity contribution < 1.29 is 31.9 Å². The van der Waals surface area contributed by atoms with Gasteiger partial charge in [0, 0.05) is 6.61 Å². The Labute approximate surface area is 203 Å². The van der Waals surface area contributed by atoms with Crippen molar-refractivity contribution in [2.45, 2.75) is 103 Å². The maximum absolute atomic E-state index is 10.6. The van der Waals surface area contributed by atoms with E-state index in [4.69, 9.17) is 23.5 Å². The summed E-state index contributed by atoms with van der Waals surface area (Å²) < 4.78 is 52.1. The molecule has 1 fully saturated rings. The Hall–Kier alpha value is -0.250. The first-order valence-corrected chi connectivity index (χ1v) is 14.9. The minimum Gasteiger partial charge on any atom is -0.379 e. The fourth-order valence-corrected chi connectivity index (χ4v) is 4.85. The maximum Gasteiger partial charge on any atom is 0.264 e. The largest absolute Gasteiger partial charge is 0.379 e. The summed E-state index contributed by atoms with van der Waals surface area (Å²) in [6, 6.07) is 0. The molecule has 0 spiro atoms. The van der Waals surface area contributed by atoms with Crippen molar-refractivity contribution in [3.63, 3.8) is 0 Å². The molecule has 0 saturated heterocycles. The summed E-state index contributed by atoms with van der Waals surface area (Å²) in [5, 5.41) is 0. The molecular formula is C25H50O7S. The van der Waals surface area contributed by atoms with Crippen molar-refractivity contribution in [3.05, 3.63) is 0 Å². The minimum atomic E-state index is -3.86. The van der Waals surface area contributed by atoms with Gasteiger partial charge in [-0.3, -0.25) is 4.55 Å². The van der Waals surface area contributed by atoms with Gasteiger partial charge in [0.15, 0.2) is 0 Å². The lowest BCUT2D eigenvalue weighted by atomic mass is 9.84. The van der Waals surface area contributed by atoms with Gasteiger partial charge >= 0.3 is 0 Å². The number of ether oxygens (including phenoxy) is 4. The normalized spacial score (nSPS) is 19.2. The highest BCUT2D eigenvalue weighted by Crippen LogP contribution is 2.30. The van der Waals surface area contributed by atoms with Gasteiger partial charge < -0.3 is 18.9 Å². The van der Waals surface area contributed by atoms with E-state index >= 15 is 0 Å². The molecule has 1 rings (SSSR count). The van der Waals surface area contributed by atoms with Crippen LogP contribution in [0.2, 0.25) is 0 Å². The highest BCUT2D eigenvalue weighted by molar-refractivity contribution is 7.85. The quantitative estimate of drug-likeness (QED) is 0.150. The first kappa shape index (κ1) is 30.8. The molecule has 0 radical (unpaired) electrons. The molecule has 7 nitrogen and oxygen atoms in total. The smallest absolute Gasteiger partial charge is 0.264 e. The van der Waals surface area contributed by atoms with Gasteiger partial charge in [-0.1, -0.05) is 58.3 Å². The van der Waals surface area contributed by atoms with Crippen LogP contribution in [0.25, 0.3) is 0 Å². The van der Waals surface area contributed by atoms with Gasteiger partial charge in [0.25, 0.3) is 10.1 Å². The van der Waals surface area contributed by atoms with E-state index in [0.29, 0.717) is 65.2 Å². The Morgan fingerprint density at radius 2 is 1.21 bits per heavy atom. The van der Waals surface area contributed by atoms with Crippen molar-refractivity contribution in [2.24, 2.45) is 5.92 Å². The zero-order chi connectivity index (χ0) is 24.0. The fraction of sp³-hybridized carbons (Fsp3) is 1.00. The van der Waals surface area contributed by atoms with Crippen LogP contribution >= 0.6 is 0 Å². The van der Waals surface area contributed by atoms with E-state index in [0.717, 1.165) is 5.92 Å². The molecule has 0 heterocycles. The minimum absolute atomic E-state index is 0.214. The molecule has 8 heteroatoms. The lowest BCUT2D eigenvalue weighted by molar-refractivity contribution is -0.0311. The third kappa shape index (κ3) is 20.8. The van der Waals surface area contributed by atoms with Gasteiger partial charge in [0.1, 0.15) is 0 Å². The van der Waals surface area contributed by atoms with Crippen LogP contribution in [0.4, 0.5) is 0 Å². The third-order valence-corrected chi connectivity index (χ3v) is 7.08. The number of hydrogen-bond donors (Lipinski definition) is 1. The van der Waals surface area contributed by atoms with E-state index < -0.39 is 10.1 Å². The molecule has 1 aliphatic rings. The Balaban J connectivity index is 1.78. The van der Waals surface area contributed by atoms with Gasteiger partial charge in [-0.2, -0.15) is 8.42 Å². The molecule has 1 aliphatic carbocycles. The van der Waals surface area contributed by atoms with Crippen LogP contribution < -0.4 is 0 Å². The average Bonchev–Trinajstić information content (AvgIpc) is 2.79. The molecule has 0 bridgehead atoms. The lowest BCUT2D eigenvalue weighted by Crippen LogP contribution is -2.23. The molecule has 0 aromatic heterocycles. The molecule has 1 N–H and O–H groups in total. The summed E-state index contributed by atoms with van der Waals surface area (Å²) in [5.41, 5.74) is 0. The van der Waals surface area contributed by atoms with Crippen LogP contribution in [0.3, 0.4) is 0 Å². The van der Waals surface area contributed by atoms with E-state index in [1.165, 1.54) is 77.0 Å². The molecule has 0 atom stereocenters. The van der Waals surface area contributed by atoms with Crippen molar-refractivity contribution in [3.8, 4) is 0 Å². The molecule has 0 unspecified atom stereocenters. The predicted molar refractivity (Wildman–Crippen MR) is 132 cm³/mol. The second-order valence-electron chi connectivity index (χ2n) is 9.25. The first-order valence-electron chi connectivity index (χ1n) is 13.3. The average molecular weight is 495 g/mol. The molecule has 0 amide bonds. The third-order valence-electron chi connectivity index (χ3n) is 6.28. The predicted octanol–water partition coefficient (Wildman–Crippen LogP) is 5.42. The van der Waals surface area contributed by atoms with E-state index in [1.807, 2.05) is 0 Å². The van der Waals surface area contributed by atoms with E-state index in [1.54, 1.807) is 0 Å². The molecule has 0 aliphatic heterocycles. The second-order valence-corrected chi connectivity index (χ2v) is 10.8. The molecule has 198 valence electrons. The molecular weight excluding hydrogens is 444 g/mol. The summed E-state index contributed by atoms with van der Waals surface area (Å²) in [6.07, 6.45) is 17.6. The van der Waals surface area contributed by atoms with Crippen LogP contribution in [0, 0.1) is 5.92 Å². The van der Waals surface area contributed by atoms with Gasteiger partial charge in [0.2, 0.25) is 0 Å². The van der Waals surface area contributed by atoms with Crippen LogP contribution in [0.5, 0.6) is 0 Å². The number of hydrogen-bond acceptors (Lipinski definition) is 6.